The Balaban J connectivity index is 2.35. The van der Waals surface area contributed by atoms with Gasteiger partial charge < -0.3 is 0 Å². The fourth-order valence-corrected chi connectivity index (χ4v) is 2.17. The summed E-state index contributed by atoms with van der Waals surface area (Å²) in [6, 6.07) is 6.73. The zero-order valence-electron chi connectivity index (χ0n) is 9.01. The van der Waals surface area contributed by atoms with Gasteiger partial charge >= 0.3 is 0 Å². The number of Topliss-reactive ketones (excluding diaryl/α,β-unsaturated/α-hetero) is 1. The Kier molecular flexibility index (Phi) is 3.49. The van der Waals surface area contributed by atoms with Crippen LogP contribution < -0.4 is 5.01 Å². The number of hydrogen-bond donors (Lipinski definition) is 0. The SMILES string of the molecule is CC(=O)C1=NN(c2ccc(Cl)cc2)C(=O)CS1. The van der Waals surface area contributed by atoms with E-state index in [0.29, 0.717) is 15.8 Å². The van der Waals surface area contributed by atoms with Crippen molar-refractivity contribution in [3.63, 3.8) is 0 Å². The zero-order chi connectivity index (χ0) is 12.4. The number of anilines is 1. The van der Waals surface area contributed by atoms with Crippen molar-refractivity contribution in [2.24, 2.45) is 5.10 Å². The second kappa shape index (κ2) is 4.89. The second-order valence-electron chi connectivity index (χ2n) is 3.43. The summed E-state index contributed by atoms with van der Waals surface area (Å²) >= 11 is 6.93. The van der Waals surface area contributed by atoms with Crippen LogP contribution in [-0.4, -0.2) is 22.5 Å². The molecular formula is C11H9ClN2O2S. The number of halogens is 1. The van der Waals surface area contributed by atoms with Crippen LogP contribution in [0, 0.1) is 0 Å². The second-order valence-corrected chi connectivity index (χ2v) is 4.83. The number of nitrogens with zero attached hydrogens (tertiary/aromatic N) is 2. The van der Waals surface area contributed by atoms with Gasteiger partial charge in [0.05, 0.1) is 11.4 Å². The third kappa shape index (κ3) is 2.68. The van der Waals surface area contributed by atoms with E-state index in [1.54, 1.807) is 24.3 Å². The first-order chi connectivity index (χ1) is 8.08. The van der Waals surface area contributed by atoms with Crippen molar-refractivity contribution in [2.45, 2.75) is 6.92 Å². The number of thioether (sulfide) groups is 1. The van der Waals surface area contributed by atoms with Crippen molar-refractivity contribution >= 4 is 45.8 Å². The van der Waals surface area contributed by atoms with Crippen LogP contribution in [0.25, 0.3) is 0 Å². The van der Waals surface area contributed by atoms with E-state index in [4.69, 9.17) is 11.6 Å². The fourth-order valence-electron chi connectivity index (χ4n) is 1.32. The summed E-state index contributed by atoms with van der Waals surface area (Å²) in [4.78, 5) is 22.9. The first kappa shape index (κ1) is 12.1. The van der Waals surface area contributed by atoms with E-state index >= 15 is 0 Å². The van der Waals surface area contributed by atoms with Crippen molar-refractivity contribution in [3.05, 3.63) is 29.3 Å². The number of benzene rings is 1. The van der Waals surface area contributed by atoms with Gasteiger partial charge in [0.1, 0.15) is 0 Å². The van der Waals surface area contributed by atoms with E-state index in [-0.39, 0.29) is 17.4 Å². The molecule has 1 amide bonds. The summed E-state index contributed by atoms with van der Waals surface area (Å²) < 4.78 is 0. The van der Waals surface area contributed by atoms with Gasteiger partial charge in [-0.25, -0.2) is 0 Å². The Bertz CT molecular complexity index is 499. The number of carbonyl (C=O) groups excluding carboxylic acids is 2. The third-order valence-corrected chi connectivity index (χ3v) is 3.42. The minimum absolute atomic E-state index is 0.138. The highest BCUT2D eigenvalue weighted by Crippen LogP contribution is 2.23. The molecule has 1 aromatic carbocycles. The Hall–Kier alpha value is -1.33. The monoisotopic (exact) mass is 268 g/mol. The van der Waals surface area contributed by atoms with Crippen LogP contribution in [0.3, 0.4) is 0 Å². The molecule has 88 valence electrons. The number of carbonyl (C=O) groups is 2. The van der Waals surface area contributed by atoms with E-state index in [0.717, 1.165) is 11.8 Å². The summed E-state index contributed by atoms with van der Waals surface area (Å²) in [5.41, 5.74) is 0.610. The van der Waals surface area contributed by atoms with Gasteiger partial charge in [0, 0.05) is 11.9 Å². The molecule has 0 aromatic heterocycles. The molecule has 6 heteroatoms. The standard InChI is InChI=1S/C11H9ClN2O2S/c1-7(15)11-13-14(10(16)6-17-11)9-4-2-8(12)3-5-9/h2-5H,6H2,1H3. The molecule has 0 N–H and O–H groups in total. The predicted molar refractivity (Wildman–Crippen MR) is 69.5 cm³/mol. The lowest BCUT2D eigenvalue weighted by atomic mass is 10.3. The van der Waals surface area contributed by atoms with E-state index in [9.17, 15) is 9.59 Å². The number of rotatable bonds is 2. The fraction of sp³-hybridized carbons (Fsp3) is 0.182. The normalized spacial score (nSPS) is 15.8. The van der Waals surface area contributed by atoms with Gasteiger partial charge in [0.15, 0.2) is 10.8 Å². The highest BCUT2D eigenvalue weighted by Gasteiger charge is 2.24. The number of ketones is 1. The van der Waals surface area contributed by atoms with Crippen molar-refractivity contribution < 1.29 is 9.59 Å². The summed E-state index contributed by atoms with van der Waals surface area (Å²) in [6.07, 6.45) is 0. The maximum absolute atomic E-state index is 11.7. The molecule has 0 atom stereocenters. The summed E-state index contributed by atoms with van der Waals surface area (Å²) in [5, 5.41) is 6.21. The van der Waals surface area contributed by atoms with Crippen LogP contribution in [0.2, 0.25) is 5.02 Å². The van der Waals surface area contributed by atoms with Crippen LogP contribution in [0.15, 0.2) is 29.4 Å². The molecule has 0 spiro atoms. The summed E-state index contributed by atoms with van der Waals surface area (Å²) in [7, 11) is 0. The van der Waals surface area contributed by atoms with Crippen molar-refractivity contribution in [1.82, 2.24) is 0 Å². The molecule has 1 heterocycles. The van der Waals surface area contributed by atoms with E-state index < -0.39 is 0 Å². The van der Waals surface area contributed by atoms with Crippen LogP contribution in [0.4, 0.5) is 5.69 Å². The third-order valence-electron chi connectivity index (χ3n) is 2.13. The molecule has 4 nitrogen and oxygen atoms in total. The largest absolute Gasteiger partial charge is 0.292 e. The highest BCUT2D eigenvalue weighted by atomic mass is 35.5. The van der Waals surface area contributed by atoms with Gasteiger partial charge in [0.2, 0.25) is 0 Å². The lowest BCUT2D eigenvalue weighted by Crippen LogP contribution is -2.34. The minimum atomic E-state index is -0.151. The predicted octanol–water partition coefficient (Wildman–Crippen LogP) is 2.32. The Labute approximate surface area is 108 Å². The first-order valence-electron chi connectivity index (χ1n) is 4.89. The molecule has 0 aliphatic carbocycles. The molecule has 0 radical (unpaired) electrons. The molecular weight excluding hydrogens is 260 g/mol. The maximum atomic E-state index is 11.7. The molecule has 2 rings (SSSR count). The van der Waals surface area contributed by atoms with Gasteiger partial charge in [0.25, 0.3) is 5.91 Å². The molecule has 1 aromatic rings. The molecule has 0 unspecified atom stereocenters. The van der Waals surface area contributed by atoms with Crippen LogP contribution in [0.5, 0.6) is 0 Å². The van der Waals surface area contributed by atoms with Gasteiger partial charge in [-0.3, -0.25) is 9.59 Å². The molecule has 1 aliphatic heterocycles. The molecule has 0 saturated heterocycles. The minimum Gasteiger partial charge on any atom is -0.292 e. The number of amides is 1. The average molecular weight is 269 g/mol. The average Bonchev–Trinajstić information content (AvgIpc) is 2.31. The van der Waals surface area contributed by atoms with Crippen molar-refractivity contribution in [2.75, 3.05) is 10.8 Å². The molecule has 0 bridgehead atoms. The first-order valence-corrected chi connectivity index (χ1v) is 6.25. The summed E-state index contributed by atoms with van der Waals surface area (Å²) in [5.74, 6) is -0.0649. The van der Waals surface area contributed by atoms with Gasteiger partial charge in [-0.15, -0.1) is 0 Å². The van der Waals surface area contributed by atoms with Gasteiger partial charge in [-0.05, 0) is 24.3 Å². The van der Waals surface area contributed by atoms with E-state index in [1.807, 2.05) is 0 Å². The number of hydrogen-bond acceptors (Lipinski definition) is 4. The highest BCUT2D eigenvalue weighted by molar-refractivity contribution is 8.16. The zero-order valence-corrected chi connectivity index (χ0v) is 10.6. The van der Waals surface area contributed by atoms with Crippen LogP contribution in [0.1, 0.15) is 6.92 Å². The lowest BCUT2D eigenvalue weighted by Gasteiger charge is -2.22. The molecule has 1 aliphatic rings. The summed E-state index contributed by atoms with van der Waals surface area (Å²) in [6.45, 7) is 1.43. The smallest absolute Gasteiger partial charge is 0.257 e. The maximum Gasteiger partial charge on any atom is 0.257 e. The van der Waals surface area contributed by atoms with Crippen LogP contribution in [-0.2, 0) is 9.59 Å². The Morgan fingerprint density at radius 1 is 1.41 bits per heavy atom. The molecule has 17 heavy (non-hydrogen) atoms. The Morgan fingerprint density at radius 2 is 2.06 bits per heavy atom. The number of hydrazone groups is 1. The van der Waals surface area contributed by atoms with Crippen molar-refractivity contribution in [3.8, 4) is 0 Å². The van der Waals surface area contributed by atoms with Crippen molar-refractivity contribution in [1.29, 1.82) is 0 Å². The lowest BCUT2D eigenvalue weighted by molar-refractivity contribution is -0.116. The van der Waals surface area contributed by atoms with Gasteiger partial charge in [-0.2, -0.15) is 10.1 Å². The quantitative estimate of drug-likeness (QED) is 0.827. The van der Waals surface area contributed by atoms with E-state index in [1.165, 1.54) is 11.9 Å². The van der Waals surface area contributed by atoms with Gasteiger partial charge in [-0.1, -0.05) is 23.4 Å². The topological polar surface area (TPSA) is 49.7 Å². The Morgan fingerprint density at radius 3 is 2.65 bits per heavy atom. The molecule has 0 saturated carbocycles. The van der Waals surface area contributed by atoms with Crippen LogP contribution >= 0.6 is 23.4 Å². The van der Waals surface area contributed by atoms with E-state index in [2.05, 4.69) is 5.10 Å². The molecule has 0 fully saturated rings.